The van der Waals surface area contributed by atoms with Gasteiger partial charge < -0.3 is 15.6 Å². The quantitative estimate of drug-likeness (QED) is 0.705. The van der Waals surface area contributed by atoms with Crippen LogP contribution in [0.4, 0.5) is 0 Å². The van der Waals surface area contributed by atoms with E-state index in [1.54, 1.807) is 18.2 Å². The molecule has 0 aliphatic heterocycles. The van der Waals surface area contributed by atoms with Gasteiger partial charge in [-0.25, -0.2) is 0 Å². The van der Waals surface area contributed by atoms with Gasteiger partial charge in [0.2, 0.25) is 0 Å². The van der Waals surface area contributed by atoms with Crippen LogP contribution in [0.5, 0.6) is 11.5 Å². The van der Waals surface area contributed by atoms with Crippen LogP contribution in [0, 0.1) is 11.3 Å². The maximum Gasteiger partial charge on any atom is 0.163 e. The summed E-state index contributed by atoms with van der Waals surface area (Å²) in [5.74, 6) is 0.252. The zero-order valence-electron chi connectivity index (χ0n) is 7.19. The van der Waals surface area contributed by atoms with Crippen LogP contribution in [0.25, 0.3) is 0 Å². The van der Waals surface area contributed by atoms with Crippen molar-refractivity contribution < 1.29 is 9.84 Å². The first-order valence-corrected chi connectivity index (χ1v) is 3.71. The predicted molar refractivity (Wildman–Crippen MR) is 47.2 cm³/mol. The van der Waals surface area contributed by atoms with Crippen LogP contribution in [0.2, 0.25) is 0 Å². The van der Waals surface area contributed by atoms with Gasteiger partial charge in [0.15, 0.2) is 11.5 Å². The van der Waals surface area contributed by atoms with Crippen LogP contribution in [-0.2, 0) is 0 Å². The summed E-state index contributed by atoms with van der Waals surface area (Å²) in [5.41, 5.74) is 5.82. The molecule has 0 saturated carbocycles. The van der Waals surface area contributed by atoms with Gasteiger partial charge >= 0.3 is 0 Å². The summed E-state index contributed by atoms with van der Waals surface area (Å²) in [6, 6.07) is 5.87. The van der Waals surface area contributed by atoms with Crippen molar-refractivity contribution in [3.05, 3.63) is 23.8 Å². The molecule has 0 aliphatic rings. The van der Waals surface area contributed by atoms with Gasteiger partial charge in [-0.15, -0.1) is 0 Å². The van der Waals surface area contributed by atoms with E-state index in [1.807, 2.05) is 6.07 Å². The molecule has 0 fully saturated rings. The number of nitriles is 1. The SMILES string of the molecule is COc1cccc([C@H](N)C#N)c1O. The zero-order valence-corrected chi connectivity index (χ0v) is 7.19. The number of benzene rings is 1. The van der Waals surface area contributed by atoms with Crippen molar-refractivity contribution >= 4 is 0 Å². The van der Waals surface area contributed by atoms with Crippen LogP contribution in [0.3, 0.4) is 0 Å². The van der Waals surface area contributed by atoms with E-state index in [0.717, 1.165) is 0 Å². The normalized spacial score (nSPS) is 11.8. The van der Waals surface area contributed by atoms with Crippen LogP contribution in [-0.4, -0.2) is 12.2 Å². The molecule has 0 spiro atoms. The minimum absolute atomic E-state index is 0.0703. The summed E-state index contributed by atoms with van der Waals surface area (Å²) in [6.45, 7) is 0. The van der Waals surface area contributed by atoms with Crippen molar-refractivity contribution in [3.63, 3.8) is 0 Å². The Morgan fingerprint density at radius 2 is 2.31 bits per heavy atom. The topological polar surface area (TPSA) is 79.3 Å². The highest BCUT2D eigenvalue weighted by molar-refractivity contribution is 5.48. The van der Waals surface area contributed by atoms with Crippen LogP contribution >= 0.6 is 0 Å². The summed E-state index contributed by atoms with van der Waals surface area (Å²) >= 11 is 0. The fourth-order valence-corrected chi connectivity index (χ4v) is 1.02. The van der Waals surface area contributed by atoms with E-state index >= 15 is 0 Å². The fraction of sp³-hybridized carbons (Fsp3) is 0.222. The number of aromatic hydroxyl groups is 1. The highest BCUT2D eigenvalue weighted by Crippen LogP contribution is 2.32. The Hall–Kier alpha value is -1.73. The van der Waals surface area contributed by atoms with E-state index in [0.29, 0.717) is 11.3 Å². The Bertz CT molecular complexity index is 344. The van der Waals surface area contributed by atoms with Gasteiger partial charge in [0, 0.05) is 5.56 Å². The average molecular weight is 178 g/mol. The van der Waals surface area contributed by atoms with E-state index in [1.165, 1.54) is 7.11 Å². The lowest BCUT2D eigenvalue weighted by Gasteiger charge is -2.09. The molecule has 4 heteroatoms. The van der Waals surface area contributed by atoms with E-state index in [4.69, 9.17) is 15.7 Å². The second kappa shape index (κ2) is 3.78. The molecule has 1 aromatic rings. The smallest absolute Gasteiger partial charge is 0.163 e. The van der Waals surface area contributed by atoms with Crippen molar-refractivity contribution in [3.8, 4) is 17.6 Å². The van der Waals surface area contributed by atoms with E-state index in [-0.39, 0.29) is 5.75 Å². The van der Waals surface area contributed by atoms with Crippen LogP contribution in [0.1, 0.15) is 11.6 Å². The molecule has 0 heterocycles. The van der Waals surface area contributed by atoms with Gasteiger partial charge in [-0.2, -0.15) is 5.26 Å². The van der Waals surface area contributed by atoms with Crippen molar-refractivity contribution in [2.45, 2.75) is 6.04 Å². The third-order valence-electron chi connectivity index (χ3n) is 1.72. The van der Waals surface area contributed by atoms with E-state index < -0.39 is 6.04 Å². The Labute approximate surface area is 76.2 Å². The third kappa shape index (κ3) is 1.71. The lowest BCUT2D eigenvalue weighted by Crippen LogP contribution is -2.07. The summed E-state index contributed by atoms with van der Waals surface area (Å²) < 4.78 is 4.87. The number of hydrogen-bond acceptors (Lipinski definition) is 4. The Morgan fingerprint density at radius 3 is 2.85 bits per heavy atom. The second-order valence-electron chi connectivity index (χ2n) is 2.50. The third-order valence-corrected chi connectivity index (χ3v) is 1.72. The van der Waals surface area contributed by atoms with Gasteiger partial charge in [0.1, 0.15) is 6.04 Å². The minimum atomic E-state index is -0.824. The summed E-state index contributed by atoms with van der Waals surface area (Å²) in [7, 11) is 1.44. The Morgan fingerprint density at radius 1 is 1.62 bits per heavy atom. The molecule has 0 aliphatic carbocycles. The van der Waals surface area contributed by atoms with E-state index in [2.05, 4.69) is 0 Å². The number of phenolic OH excluding ortho intramolecular Hbond substituents is 1. The van der Waals surface area contributed by atoms with Gasteiger partial charge in [-0.05, 0) is 6.07 Å². The molecular weight excluding hydrogens is 168 g/mol. The number of phenols is 1. The number of nitrogens with zero attached hydrogens (tertiary/aromatic N) is 1. The van der Waals surface area contributed by atoms with Gasteiger partial charge in [-0.1, -0.05) is 12.1 Å². The Balaban J connectivity index is 3.17. The summed E-state index contributed by atoms with van der Waals surface area (Å²) in [6.07, 6.45) is 0. The number of methoxy groups -OCH3 is 1. The van der Waals surface area contributed by atoms with Gasteiger partial charge in [0.05, 0.1) is 13.2 Å². The monoisotopic (exact) mass is 178 g/mol. The highest BCUT2D eigenvalue weighted by Gasteiger charge is 2.12. The number of rotatable bonds is 2. The Kier molecular flexibility index (Phi) is 2.72. The molecule has 0 radical (unpaired) electrons. The molecule has 0 amide bonds. The maximum absolute atomic E-state index is 9.53. The lowest BCUT2D eigenvalue weighted by molar-refractivity contribution is 0.370. The van der Waals surface area contributed by atoms with Crippen molar-refractivity contribution in [1.29, 1.82) is 5.26 Å². The molecule has 0 saturated heterocycles. The highest BCUT2D eigenvalue weighted by atomic mass is 16.5. The standard InChI is InChI=1S/C9H10N2O2/c1-13-8-4-2-3-6(9(8)12)7(11)5-10/h2-4,7,12H,11H2,1H3/t7-/m1/s1. The van der Waals surface area contributed by atoms with Crippen molar-refractivity contribution in [2.75, 3.05) is 7.11 Å². The van der Waals surface area contributed by atoms with E-state index in [9.17, 15) is 5.11 Å². The molecule has 0 aromatic heterocycles. The average Bonchev–Trinajstić information content (AvgIpc) is 2.17. The van der Waals surface area contributed by atoms with Gasteiger partial charge in [-0.3, -0.25) is 0 Å². The predicted octanol–water partition coefficient (Wildman–Crippen LogP) is 0.924. The number of hydrogen-bond donors (Lipinski definition) is 2. The number of ether oxygens (including phenoxy) is 1. The molecule has 68 valence electrons. The largest absolute Gasteiger partial charge is 0.504 e. The minimum Gasteiger partial charge on any atom is -0.504 e. The molecule has 1 rings (SSSR count). The molecule has 4 nitrogen and oxygen atoms in total. The molecule has 1 aromatic carbocycles. The molecule has 3 N–H and O–H groups in total. The molecular formula is C9H10N2O2. The molecule has 13 heavy (non-hydrogen) atoms. The summed E-state index contributed by atoms with van der Waals surface area (Å²) in [5, 5.41) is 18.1. The first-order chi connectivity index (χ1) is 6.20. The van der Waals surface area contributed by atoms with Crippen molar-refractivity contribution in [2.24, 2.45) is 5.73 Å². The lowest BCUT2D eigenvalue weighted by atomic mass is 10.1. The number of para-hydroxylation sites is 1. The second-order valence-corrected chi connectivity index (χ2v) is 2.50. The number of nitrogens with two attached hydrogens (primary N) is 1. The first-order valence-electron chi connectivity index (χ1n) is 3.71. The van der Waals surface area contributed by atoms with Gasteiger partial charge in [0.25, 0.3) is 0 Å². The summed E-state index contributed by atoms with van der Waals surface area (Å²) in [4.78, 5) is 0. The van der Waals surface area contributed by atoms with Crippen LogP contribution < -0.4 is 10.5 Å². The maximum atomic E-state index is 9.53. The molecule has 0 unspecified atom stereocenters. The molecule has 0 bridgehead atoms. The first kappa shape index (κ1) is 9.36. The van der Waals surface area contributed by atoms with Crippen LogP contribution in [0.15, 0.2) is 18.2 Å². The van der Waals surface area contributed by atoms with Crippen molar-refractivity contribution in [1.82, 2.24) is 0 Å². The molecule has 1 atom stereocenters. The fourth-order valence-electron chi connectivity index (χ4n) is 1.02. The zero-order chi connectivity index (χ0) is 9.84.